The summed E-state index contributed by atoms with van der Waals surface area (Å²) in [7, 11) is 0. The van der Waals surface area contributed by atoms with Crippen LogP contribution < -0.4 is 0 Å². The van der Waals surface area contributed by atoms with Crippen LogP contribution >= 0.6 is 0 Å². The topological polar surface area (TPSA) is 44.5 Å². The monoisotopic (exact) mass is 278 g/mol. The smallest absolute Gasteiger partial charge is 0.0644 e. The predicted octanol–water partition coefficient (Wildman–Crippen LogP) is 0.772. The zero-order valence-electron chi connectivity index (χ0n) is 12.7. The van der Waals surface area contributed by atoms with Crippen molar-refractivity contribution >= 4 is 0 Å². The van der Waals surface area contributed by atoms with Gasteiger partial charge in [0.1, 0.15) is 0 Å². The standard InChI is InChI=1S/C15H26N4O/c1-12-15(13(2)19(16-12)9-10-20)11-17-5-7-18(8-6-17)14-3-4-14/h14,20H,3-11H2,1-2H3. The van der Waals surface area contributed by atoms with E-state index in [2.05, 4.69) is 28.7 Å². The Kier molecular flexibility index (Phi) is 4.10. The van der Waals surface area contributed by atoms with Crippen molar-refractivity contribution in [2.75, 3.05) is 32.8 Å². The quantitative estimate of drug-likeness (QED) is 0.864. The lowest BCUT2D eigenvalue weighted by Gasteiger charge is -2.34. The van der Waals surface area contributed by atoms with Crippen LogP contribution in [0.2, 0.25) is 0 Å². The Labute approximate surface area is 121 Å². The number of piperazine rings is 1. The summed E-state index contributed by atoms with van der Waals surface area (Å²) in [6.45, 7) is 10.7. The number of aryl methyl sites for hydroxylation is 1. The summed E-state index contributed by atoms with van der Waals surface area (Å²) in [5, 5.41) is 13.6. The molecule has 0 spiro atoms. The Morgan fingerprint density at radius 3 is 2.45 bits per heavy atom. The lowest BCUT2D eigenvalue weighted by Crippen LogP contribution is -2.46. The van der Waals surface area contributed by atoms with Crippen LogP contribution in [0.1, 0.15) is 29.8 Å². The van der Waals surface area contributed by atoms with Gasteiger partial charge < -0.3 is 5.11 Å². The zero-order valence-corrected chi connectivity index (χ0v) is 12.7. The fourth-order valence-electron chi connectivity index (χ4n) is 3.23. The van der Waals surface area contributed by atoms with E-state index >= 15 is 0 Å². The molecular weight excluding hydrogens is 252 g/mol. The summed E-state index contributed by atoms with van der Waals surface area (Å²) in [5.41, 5.74) is 3.67. The Morgan fingerprint density at radius 2 is 1.85 bits per heavy atom. The molecule has 0 unspecified atom stereocenters. The fourth-order valence-corrected chi connectivity index (χ4v) is 3.23. The third-order valence-electron chi connectivity index (χ3n) is 4.70. The van der Waals surface area contributed by atoms with Gasteiger partial charge >= 0.3 is 0 Å². The maximum atomic E-state index is 9.08. The molecule has 1 saturated carbocycles. The fraction of sp³-hybridized carbons (Fsp3) is 0.800. The van der Waals surface area contributed by atoms with Crippen molar-refractivity contribution < 1.29 is 5.11 Å². The maximum Gasteiger partial charge on any atom is 0.0644 e. The molecule has 0 atom stereocenters. The van der Waals surface area contributed by atoms with Gasteiger partial charge in [0.25, 0.3) is 0 Å². The van der Waals surface area contributed by atoms with Gasteiger partial charge in [0.15, 0.2) is 0 Å². The van der Waals surface area contributed by atoms with Crippen LogP contribution in [-0.2, 0) is 13.1 Å². The van der Waals surface area contributed by atoms with Gasteiger partial charge in [-0.1, -0.05) is 0 Å². The number of aliphatic hydroxyl groups is 1. The molecule has 0 aromatic carbocycles. The molecule has 3 rings (SSSR count). The van der Waals surface area contributed by atoms with Crippen molar-refractivity contribution in [1.82, 2.24) is 19.6 Å². The summed E-state index contributed by atoms with van der Waals surface area (Å²) in [5.74, 6) is 0. The summed E-state index contributed by atoms with van der Waals surface area (Å²) in [4.78, 5) is 5.19. The third-order valence-corrected chi connectivity index (χ3v) is 4.70. The second-order valence-corrected chi connectivity index (χ2v) is 6.14. The third kappa shape index (κ3) is 2.90. The minimum absolute atomic E-state index is 0.154. The second kappa shape index (κ2) is 5.84. The van der Waals surface area contributed by atoms with Crippen molar-refractivity contribution in [3.8, 4) is 0 Å². The predicted molar refractivity (Wildman–Crippen MR) is 78.7 cm³/mol. The van der Waals surface area contributed by atoms with Crippen molar-refractivity contribution in [3.05, 3.63) is 17.0 Å². The molecular formula is C15H26N4O. The molecule has 0 bridgehead atoms. The van der Waals surface area contributed by atoms with E-state index in [1.165, 1.54) is 50.3 Å². The van der Waals surface area contributed by atoms with Gasteiger partial charge in [-0.3, -0.25) is 14.5 Å². The van der Waals surface area contributed by atoms with E-state index in [4.69, 9.17) is 5.11 Å². The molecule has 20 heavy (non-hydrogen) atoms. The highest BCUT2D eigenvalue weighted by atomic mass is 16.3. The average molecular weight is 278 g/mol. The van der Waals surface area contributed by atoms with E-state index in [0.717, 1.165) is 18.3 Å². The lowest BCUT2D eigenvalue weighted by molar-refractivity contribution is 0.121. The second-order valence-electron chi connectivity index (χ2n) is 6.14. The van der Waals surface area contributed by atoms with Crippen molar-refractivity contribution in [2.45, 2.75) is 45.8 Å². The van der Waals surface area contributed by atoms with Crippen LogP contribution in [0.15, 0.2) is 0 Å². The number of aromatic nitrogens is 2. The molecule has 5 heteroatoms. The molecule has 112 valence electrons. The molecule has 1 aliphatic carbocycles. The molecule has 5 nitrogen and oxygen atoms in total. The first-order valence-corrected chi connectivity index (χ1v) is 7.79. The van der Waals surface area contributed by atoms with E-state index in [-0.39, 0.29) is 6.61 Å². The minimum atomic E-state index is 0.154. The number of nitrogens with zero attached hydrogens (tertiary/aromatic N) is 4. The van der Waals surface area contributed by atoms with Crippen LogP contribution in [0.3, 0.4) is 0 Å². The largest absolute Gasteiger partial charge is 0.394 e. The summed E-state index contributed by atoms with van der Waals surface area (Å²) in [6, 6.07) is 0.896. The van der Waals surface area contributed by atoms with Crippen LogP contribution in [0, 0.1) is 13.8 Å². The van der Waals surface area contributed by atoms with E-state index < -0.39 is 0 Å². The zero-order chi connectivity index (χ0) is 14.1. The highest BCUT2D eigenvalue weighted by molar-refractivity contribution is 5.24. The molecule has 2 aliphatic rings. The first-order chi connectivity index (χ1) is 9.69. The lowest BCUT2D eigenvalue weighted by atomic mass is 10.1. The SMILES string of the molecule is Cc1nn(CCO)c(C)c1CN1CCN(C2CC2)CC1. The van der Waals surface area contributed by atoms with E-state index in [9.17, 15) is 0 Å². The summed E-state index contributed by atoms with van der Waals surface area (Å²) < 4.78 is 1.94. The highest BCUT2D eigenvalue weighted by Crippen LogP contribution is 2.27. The Bertz CT molecular complexity index is 459. The molecule has 1 aromatic rings. The highest BCUT2D eigenvalue weighted by Gasteiger charge is 2.31. The van der Waals surface area contributed by atoms with Crippen LogP contribution in [0.25, 0.3) is 0 Å². The van der Waals surface area contributed by atoms with Gasteiger partial charge in [-0.2, -0.15) is 5.10 Å². The summed E-state index contributed by atoms with van der Waals surface area (Å²) >= 11 is 0. The van der Waals surface area contributed by atoms with Crippen molar-refractivity contribution in [3.63, 3.8) is 0 Å². The van der Waals surface area contributed by atoms with Crippen molar-refractivity contribution in [1.29, 1.82) is 0 Å². The first-order valence-electron chi connectivity index (χ1n) is 7.79. The van der Waals surface area contributed by atoms with Crippen LogP contribution in [0.5, 0.6) is 0 Å². The van der Waals surface area contributed by atoms with E-state index in [1.807, 2.05) is 4.68 Å². The molecule has 1 aliphatic heterocycles. The molecule has 1 saturated heterocycles. The Balaban J connectivity index is 1.60. The van der Waals surface area contributed by atoms with Gasteiger partial charge in [-0.05, 0) is 26.7 Å². The van der Waals surface area contributed by atoms with E-state index in [1.54, 1.807) is 0 Å². The first kappa shape index (κ1) is 14.0. The molecule has 0 amide bonds. The maximum absolute atomic E-state index is 9.08. The van der Waals surface area contributed by atoms with Gasteiger partial charge in [-0.15, -0.1) is 0 Å². The van der Waals surface area contributed by atoms with Gasteiger partial charge in [0, 0.05) is 50.0 Å². The van der Waals surface area contributed by atoms with Gasteiger partial charge in [0.05, 0.1) is 18.8 Å². The number of hydrogen-bond donors (Lipinski definition) is 1. The van der Waals surface area contributed by atoms with Gasteiger partial charge in [-0.25, -0.2) is 0 Å². The molecule has 1 N–H and O–H groups in total. The molecule has 1 aromatic heterocycles. The summed E-state index contributed by atoms with van der Waals surface area (Å²) in [6.07, 6.45) is 2.82. The number of aliphatic hydroxyl groups excluding tert-OH is 1. The average Bonchev–Trinajstić information content (AvgIpc) is 3.25. The van der Waals surface area contributed by atoms with Crippen molar-refractivity contribution in [2.24, 2.45) is 0 Å². The Hall–Kier alpha value is -0.910. The van der Waals surface area contributed by atoms with Gasteiger partial charge in [0.2, 0.25) is 0 Å². The number of rotatable bonds is 5. The van der Waals surface area contributed by atoms with E-state index in [0.29, 0.717) is 6.54 Å². The Morgan fingerprint density at radius 1 is 1.15 bits per heavy atom. The number of hydrogen-bond acceptors (Lipinski definition) is 4. The minimum Gasteiger partial charge on any atom is -0.394 e. The molecule has 0 radical (unpaired) electrons. The molecule has 2 heterocycles. The van der Waals surface area contributed by atoms with Crippen LogP contribution in [-0.4, -0.2) is 63.5 Å². The van der Waals surface area contributed by atoms with Crippen LogP contribution in [0.4, 0.5) is 0 Å². The molecule has 2 fully saturated rings. The normalized spacial score (nSPS) is 21.6.